The molecular weight excluding hydrogens is 157 g/mol. The van der Waals surface area contributed by atoms with E-state index >= 15 is 0 Å². The van der Waals surface area contributed by atoms with Gasteiger partial charge in [0.15, 0.2) is 0 Å². The summed E-state index contributed by atoms with van der Waals surface area (Å²) in [7, 11) is 3.04. The highest BCUT2D eigenvalue weighted by atomic mass is 19.1. The van der Waals surface area contributed by atoms with Gasteiger partial charge in [0.05, 0.1) is 2.74 Å². The van der Waals surface area contributed by atoms with Crippen LogP contribution in [0.1, 0.15) is 13.1 Å². The van der Waals surface area contributed by atoms with Gasteiger partial charge in [-0.25, -0.2) is 4.39 Å². The minimum Gasteiger partial charge on any atom is -0.345 e. The molecule has 0 aliphatic heterocycles. The van der Waals surface area contributed by atoms with Gasteiger partial charge >= 0.3 is 0 Å². The normalized spacial score (nSPS) is 11.9. The second-order valence-corrected chi connectivity index (χ2v) is 2.54. The topological polar surface area (TPSA) is 20.3 Å². The van der Waals surface area contributed by atoms with E-state index in [9.17, 15) is 9.18 Å². The lowest BCUT2D eigenvalue weighted by Gasteiger charge is -2.09. The van der Waals surface area contributed by atoms with Crippen LogP contribution in [0.5, 0.6) is 0 Å². The van der Waals surface area contributed by atoms with Crippen LogP contribution in [0.4, 0.5) is 4.39 Å². The van der Waals surface area contributed by atoms with Crippen molar-refractivity contribution in [3.63, 3.8) is 0 Å². The first-order chi connectivity index (χ1) is 6.43. The fourth-order valence-corrected chi connectivity index (χ4v) is 0.713. The third kappa shape index (κ3) is 1.81. The van der Waals surface area contributed by atoms with Gasteiger partial charge in [0, 0.05) is 19.7 Å². The number of rotatable bonds is 1. The molecule has 0 atom stereocenters. The summed E-state index contributed by atoms with van der Waals surface area (Å²) in [5.74, 6) is -1.13. The first kappa shape index (κ1) is 6.17. The minimum atomic E-state index is -0.671. The van der Waals surface area contributed by atoms with E-state index in [4.69, 9.17) is 2.74 Å². The zero-order valence-electron chi connectivity index (χ0n) is 8.89. The van der Waals surface area contributed by atoms with Crippen LogP contribution in [-0.4, -0.2) is 24.9 Å². The summed E-state index contributed by atoms with van der Waals surface area (Å²) in [6, 6.07) is 1.34. The molecular formula is C9H10FNO. The summed E-state index contributed by atoms with van der Waals surface area (Å²) >= 11 is 0. The Hall–Kier alpha value is -1.38. The van der Waals surface area contributed by atoms with Gasteiger partial charge in [-0.3, -0.25) is 4.79 Å². The largest absolute Gasteiger partial charge is 0.345 e. The van der Waals surface area contributed by atoms with Crippen molar-refractivity contribution < 1.29 is 11.9 Å². The molecule has 64 valence electrons. The molecule has 0 spiro atoms. The van der Waals surface area contributed by atoms with Crippen molar-refractivity contribution in [2.24, 2.45) is 0 Å². The second-order valence-electron chi connectivity index (χ2n) is 2.54. The van der Waals surface area contributed by atoms with Crippen LogP contribution in [0.15, 0.2) is 24.2 Å². The lowest BCUT2D eigenvalue weighted by Crippen LogP contribution is -2.21. The van der Waals surface area contributed by atoms with Crippen molar-refractivity contribution in [1.82, 2.24) is 4.90 Å². The van der Waals surface area contributed by atoms with Crippen LogP contribution in [0, 0.1) is 5.82 Å². The molecule has 3 heteroatoms. The highest BCUT2D eigenvalue weighted by Gasteiger charge is 2.06. The van der Waals surface area contributed by atoms with Crippen molar-refractivity contribution in [1.29, 1.82) is 0 Å². The number of hydrogen-bond donors (Lipinski definition) is 0. The van der Waals surface area contributed by atoms with E-state index in [1.165, 1.54) is 19.0 Å². The Morgan fingerprint density at radius 1 is 1.50 bits per heavy atom. The molecule has 1 amide bonds. The van der Waals surface area contributed by atoms with Gasteiger partial charge in [0.1, 0.15) is 5.82 Å². The average molecular weight is 169 g/mol. The number of halogens is 1. The molecule has 2 nitrogen and oxygen atoms in total. The molecule has 0 aliphatic rings. The Balaban J connectivity index is 3.28. The second kappa shape index (κ2) is 3.34. The van der Waals surface area contributed by atoms with Crippen molar-refractivity contribution in [2.75, 3.05) is 14.1 Å². The molecule has 12 heavy (non-hydrogen) atoms. The molecule has 0 radical (unpaired) electrons. The lowest BCUT2D eigenvalue weighted by molar-refractivity contribution is 0.0827. The molecule has 1 aromatic rings. The Morgan fingerprint density at radius 3 is 2.42 bits per heavy atom. The number of carbonyl (C=O) groups excluding carboxylic acids is 1. The molecule has 0 N–H and O–H groups in total. The number of carbonyl (C=O) groups is 1. The van der Waals surface area contributed by atoms with Crippen molar-refractivity contribution in [3.05, 3.63) is 35.6 Å². The predicted octanol–water partition coefficient (Wildman–Crippen LogP) is 1.53. The molecule has 0 bridgehead atoms. The maximum absolute atomic E-state index is 12.7. The monoisotopic (exact) mass is 169 g/mol. The third-order valence-corrected chi connectivity index (χ3v) is 1.33. The number of amides is 1. The van der Waals surface area contributed by atoms with Crippen LogP contribution >= 0.6 is 0 Å². The molecule has 0 aliphatic carbocycles. The highest BCUT2D eigenvalue weighted by molar-refractivity contribution is 5.93. The van der Waals surface area contributed by atoms with Crippen LogP contribution in [0.3, 0.4) is 0 Å². The molecule has 0 unspecified atom stereocenters. The van der Waals surface area contributed by atoms with E-state index in [0.717, 1.165) is 12.1 Å². The Bertz CT molecular complexity index is 356. The standard InChI is InChI=1S/C9H10FNO/c1-11(2)9(12)7-3-5-8(10)6-4-7/h3-6H,1-2H3/i3D,4D. The first-order valence-corrected chi connectivity index (χ1v) is 3.42. The molecule has 0 aromatic heterocycles. The molecule has 1 rings (SSSR count). The van der Waals surface area contributed by atoms with E-state index in [0.29, 0.717) is 0 Å². The lowest BCUT2D eigenvalue weighted by atomic mass is 10.2. The van der Waals surface area contributed by atoms with Crippen molar-refractivity contribution in [2.45, 2.75) is 0 Å². The quantitative estimate of drug-likeness (QED) is 0.624. The van der Waals surface area contributed by atoms with Crippen LogP contribution in [0.25, 0.3) is 0 Å². The van der Waals surface area contributed by atoms with Crippen molar-refractivity contribution in [3.8, 4) is 0 Å². The Kier molecular flexibility index (Phi) is 1.72. The van der Waals surface area contributed by atoms with Gasteiger partial charge in [-0.1, -0.05) is 0 Å². The smallest absolute Gasteiger partial charge is 0.253 e. The van der Waals surface area contributed by atoms with Crippen LogP contribution < -0.4 is 0 Å². The summed E-state index contributed by atoms with van der Waals surface area (Å²) < 4.78 is 27.4. The highest BCUT2D eigenvalue weighted by Crippen LogP contribution is 2.04. The summed E-state index contributed by atoms with van der Waals surface area (Å²) in [5.41, 5.74) is -0.0728. The maximum Gasteiger partial charge on any atom is 0.253 e. The third-order valence-electron chi connectivity index (χ3n) is 1.33. The molecule has 1 aromatic carbocycles. The number of benzene rings is 1. The van der Waals surface area contributed by atoms with E-state index in [-0.39, 0.29) is 17.6 Å². The summed E-state index contributed by atoms with van der Waals surface area (Å²) in [4.78, 5) is 12.7. The maximum atomic E-state index is 12.7. The summed E-state index contributed by atoms with van der Waals surface area (Å²) in [5, 5.41) is 0. The van der Waals surface area contributed by atoms with Crippen molar-refractivity contribution >= 4 is 5.91 Å². The van der Waals surface area contributed by atoms with Gasteiger partial charge in [0.25, 0.3) is 5.91 Å². The Morgan fingerprint density at radius 2 is 2.00 bits per heavy atom. The summed E-state index contributed by atoms with van der Waals surface area (Å²) in [6.45, 7) is 0. The fourth-order valence-electron chi connectivity index (χ4n) is 0.713. The minimum absolute atomic E-state index is 0.0728. The number of hydrogen-bond acceptors (Lipinski definition) is 1. The van der Waals surface area contributed by atoms with Gasteiger partial charge in [-0.2, -0.15) is 0 Å². The van der Waals surface area contributed by atoms with Crippen LogP contribution in [-0.2, 0) is 0 Å². The first-order valence-electron chi connectivity index (χ1n) is 4.42. The zero-order valence-corrected chi connectivity index (χ0v) is 6.89. The van der Waals surface area contributed by atoms with E-state index in [1.807, 2.05) is 0 Å². The SMILES string of the molecule is [2H]c1cc(F)cc([2H])c1C(=O)N(C)C. The molecule has 0 saturated heterocycles. The molecule has 0 fully saturated rings. The van der Waals surface area contributed by atoms with Gasteiger partial charge in [-0.15, -0.1) is 0 Å². The van der Waals surface area contributed by atoms with E-state index in [1.54, 1.807) is 0 Å². The van der Waals surface area contributed by atoms with Gasteiger partial charge in [0.2, 0.25) is 0 Å². The predicted molar refractivity (Wildman–Crippen MR) is 44.4 cm³/mol. The average Bonchev–Trinajstić information content (AvgIpc) is 2.01. The fraction of sp³-hybridized carbons (Fsp3) is 0.222. The van der Waals surface area contributed by atoms with Crippen LogP contribution in [0.2, 0.25) is 0 Å². The van der Waals surface area contributed by atoms with Gasteiger partial charge < -0.3 is 4.90 Å². The Labute approximate surface area is 73.4 Å². The van der Waals surface area contributed by atoms with Gasteiger partial charge in [-0.05, 0) is 24.2 Å². The van der Waals surface area contributed by atoms with E-state index < -0.39 is 11.7 Å². The molecule has 0 heterocycles. The zero-order chi connectivity index (χ0) is 10.9. The number of nitrogens with zero attached hydrogens (tertiary/aromatic N) is 1. The summed E-state index contributed by atoms with van der Waals surface area (Å²) in [6.07, 6.45) is 0. The van der Waals surface area contributed by atoms with E-state index in [2.05, 4.69) is 0 Å². The molecule has 0 saturated carbocycles.